The second-order valence-corrected chi connectivity index (χ2v) is 8.67. The number of carbonyl (C=O) groups excluding carboxylic acids is 2. The number of hydrogen-bond acceptors (Lipinski definition) is 5. The minimum atomic E-state index is -0.250. The molecule has 0 aliphatic carbocycles. The van der Waals surface area contributed by atoms with Crippen molar-refractivity contribution >= 4 is 51.8 Å². The van der Waals surface area contributed by atoms with Crippen LogP contribution in [0.4, 0.5) is 5.69 Å². The van der Waals surface area contributed by atoms with Crippen molar-refractivity contribution < 1.29 is 9.59 Å². The van der Waals surface area contributed by atoms with Gasteiger partial charge in [0.15, 0.2) is 0 Å². The summed E-state index contributed by atoms with van der Waals surface area (Å²) in [6.07, 6.45) is 0. The third kappa shape index (κ3) is 4.99. The summed E-state index contributed by atoms with van der Waals surface area (Å²) in [4.78, 5) is 28.7. The number of carbonyl (C=O) groups is 2. The Kier molecular flexibility index (Phi) is 6.85. The second kappa shape index (κ2) is 9.34. The number of thiophene rings is 2. The van der Waals surface area contributed by atoms with Gasteiger partial charge >= 0.3 is 0 Å². The second-order valence-electron chi connectivity index (χ2n) is 6.33. The Morgan fingerprint density at radius 1 is 1.07 bits per heavy atom. The molecule has 3 rings (SSSR count). The highest BCUT2D eigenvalue weighted by molar-refractivity contribution is 7.12. The first-order chi connectivity index (χ1) is 13.5. The zero-order valence-electron chi connectivity index (χ0n) is 15.4. The molecule has 2 heterocycles. The summed E-state index contributed by atoms with van der Waals surface area (Å²) in [6, 6.07) is 12.5. The molecule has 0 fully saturated rings. The molecular formula is C20H20ClN3O2S2. The van der Waals surface area contributed by atoms with Gasteiger partial charge in [-0.15, -0.1) is 22.7 Å². The summed E-state index contributed by atoms with van der Waals surface area (Å²) < 4.78 is 0. The molecule has 1 atom stereocenters. The van der Waals surface area contributed by atoms with Crippen molar-refractivity contribution in [1.82, 2.24) is 10.2 Å². The molecule has 146 valence electrons. The van der Waals surface area contributed by atoms with E-state index in [1.807, 2.05) is 30.9 Å². The van der Waals surface area contributed by atoms with Crippen LogP contribution in [0, 0.1) is 0 Å². The SMILES string of the molecule is CN(C)C(CNC(=O)c1ccc(Cl)c(NC(=O)c2cccs2)c1)c1cccs1. The molecule has 2 aromatic heterocycles. The largest absolute Gasteiger partial charge is 0.350 e. The number of rotatable bonds is 7. The zero-order valence-corrected chi connectivity index (χ0v) is 17.8. The first-order valence-electron chi connectivity index (χ1n) is 8.58. The summed E-state index contributed by atoms with van der Waals surface area (Å²) in [6.45, 7) is 0.478. The molecule has 0 spiro atoms. The molecule has 28 heavy (non-hydrogen) atoms. The highest BCUT2D eigenvalue weighted by atomic mass is 35.5. The highest BCUT2D eigenvalue weighted by Gasteiger charge is 2.18. The van der Waals surface area contributed by atoms with Gasteiger partial charge in [0.25, 0.3) is 11.8 Å². The molecule has 0 saturated heterocycles. The lowest BCUT2D eigenvalue weighted by atomic mass is 10.1. The maximum atomic E-state index is 12.6. The fraction of sp³-hybridized carbons (Fsp3) is 0.200. The van der Waals surface area contributed by atoms with Gasteiger partial charge in [-0.25, -0.2) is 0 Å². The van der Waals surface area contributed by atoms with E-state index in [0.717, 1.165) is 0 Å². The molecule has 2 N–H and O–H groups in total. The minimum Gasteiger partial charge on any atom is -0.350 e. The summed E-state index contributed by atoms with van der Waals surface area (Å²) in [7, 11) is 3.97. The van der Waals surface area contributed by atoms with Crippen LogP contribution in [0.2, 0.25) is 5.02 Å². The molecule has 1 unspecified atom stereocenters. The molecule has 2 amide bonds. The van der Waals surface area contributed by atoms with E-state index in [1.54, 1.807) is 41.7 Å². The average Bonchev–Trinajstić information content (AvgIpc) is 3.37. The lowest BCUT2D eigenvalue weighted by Crippen LogP contribution is -2.34. The number of nitrogens with zero attached hydrogens (tertiary/aromatic N) is 1. The number of likely N-dealkylation sites (N-methyl/N-ethyl adjacent to an activating group) is 1. The fourth-order valence-corrected chi connectivity index (χ4v) is 4.37. The van der Waals surface area contributed by atoms with Crippen molar-refractivity contribution in [3.8, 4) is 0 Å². The third-order valence-electron chi connectivity index (χ3n) is 4.17. The van der Waals surface area contributed by atoms with Crippen molar-refractivity contribution in [3.05, 3.63) is 73.6 Å². The van der Waals surface area contributed by atoms with Crippen LogP contribution < -0.4 is 10.6 Å². The number of benzene rings is 1. The Bertz CT molecular complexity index is 941. The van der Waals surface area contributed by atoms with Gasteiger partial charge in [0.05, 0.1) is 21.6 Å². The molecule has 0 aliphatic heterocycles. The number of hydrogen-bond donors (Lipinski definition) is 2. The summed E-state index contributed by atoms with van der Waals surface area (Å²) in [5.41, 5.74) is 0.852. The van der Waals surface area contributed by atoms with E-state index in [4.69, 9.17) is 11.6 Å². The highest BCUT2D eigenvalue weighted by Crippen LogP contribution is 2.25. The van der Waals surface area contributed by atoms with Crippen LogP contribution in [-0.4, -0.2) is 37.4 Å². The van der Waals surface area contributed by atoms with Crippen molar-refractivity contribution in [3.63, 3.8) is 0 Å². The summed E-state index contributed by atoms with van der Waals surface area (Å²) >= 11 is 9.20. The van der Waals surface area contributed by atoms with Crippen molar-refractivity contribution in [2.75, 3.05) is 26.0 Å². The Balaban J connectivity index is 1.69. The number of halogens is 1. The summed E-state index contributed by atoms with van der Waals surface area (Å²) in [5.74, 6) is -0.466. The van der Waals surface area contributed by atoms with Gasteiger partial charge in [0, 0.05) is 17.0 Å². The first kappa shape index (κ1) is 20.5. The van der Waals surface area contributed by atoms with Crippen LogP contribution in [0.15, 0.2) is 53.2 Å². The van der Waals surface area contributed by atoms with Crippen molar-refractivity contribution in [1.29, 1.82) is 0 Å². The number of amides is 2. The van der Waals surface area contributed by atoms with E-state index in [1.165, 1.54) is 16.2 Å². The molecule has 0 radical (unpaired) electrons. The first-order valence-corrected chi connectivity index (χ1v) is 10.7. The van der Waals surface area contributed by atoms with Crippen LogP contribution in [-0.2, 0) is 0 Å². The van der Waals surface area contributed by atoms with Gasteiger partial charge in [-0.2, -0.15) is 0 Å². The average molecular weight is 434 g/mol. The predicted octanol–water partition coefficient (Wildman–Crippen LogP) is 4.75. The van der Waals surface area contributed by atoms with Gasteiger partial charge < -0.3 is 15.5 Å². The monoisotopic (exact) mass is 433 g/mol. The Morgan fingerprint density at radius 2 is 1.82 bits per heavy atom. The van der Waals surface area contributed by atoms with Crippen molar-refractivity contribution in [2.24, 2.45) is 0 Å². The number of nitrogens with one attached hydrogen (secondary N) is 2. The van der Waals surface area contributed by atoms with Crippen LogP contribution in [0.1, 0.15) is 30.9 Å². The van der Waals surface area contributed by atoms with E-state index >= 15 is 0 Å². The van der Waals surface area contributed by atoms with Gasteiger partial charge in [0.1, 0.15) is 0 Å². The molecular weight excluding hydrogens is 414 g/mol. The maximum Gasteiger partial charge on any atom is 0.265 e. The van der Waals surface area contributed by atoms with E-state index in [2.05, 4.69) is 21.6 Å². The van der Waals surface area contributed by atoms with Crippen LogP contribution in [0.5, 0.6) is 0 Å². The smallest absolute Gasteiger partial charge is 0.265 e. The molecule has 5 nitrogen and oxygen atoms in total. The Morgan fingerprint density at radius 3 is 2.46 bits per heavy atom. The lowest BCUT2D eigenvalue weighted by Gasteiger charge is -2.23. The van der Waals surface area contributed by atoms with E-state index in [-0.39, 0.29) is 17.9 Å². The van der Waals surface area contributed by atoms with Gasteiger partial charge in [0.2, 0.25) is 0 Å². The van der Waals surface area contributed by atoms with E-state index in [0.29, 0.717) is 27.7 Å². The minimum absolute atomic E-state index is 0.0919. The molecule has 0 bridgehead atoms. The fourth-order valence-electron chi connectivity index (χ4n) is 2.66. The van der Waals surface area contributed by atoms with Crippen molar-refractivity contribution in [2.45, 2.75) is 6.04 Å². The molecule has 8 heteroatoms. The van der Waals surface area contributed by atoms with Gasteiger partial charge in [-0.3, -0.25) is 9.59 Å². The quantitative estimate of drug-likeness (QED) is 0.565. The Hall–Kier alpha value is -2.19. The number of anilines is 1. The van der Waals surface area contributed by atoms with Crippen LogP contribution in [0.25, 0.3) is 0 Å². The van der Waals surface area contributed by atoms with Crippen LogP contribution in [0.3, 0.4) is 0 Å². The van der Waals surface area contributed by atoms with Gasteiger partial charge in [-0.1, -0.05) is 23.7 Å². The Labute approximate surface area is 177 Å². The predicted molar refractivity (Wildman–Crippen MR) is 117 cm³/mol. The standard InChI is InChI=1S/C20H20ClN3O2S2/c1-24(2)16(17-5-3-9-27-17)12-22-19(25)13-7-8-14(21)15(11-13)23-20(26)18-6-4-10-28-18/h3-11,16H,12H2,1-2H3,(H,22,25)(H,23,26). The van der Waals surface area contributed by atoms with Gasteiger partial charge in [-0.05, 0) is 55.2 Å². The molecule has 1 aromatic carbocycles. The maximum absolute atomic E-state index is 12.6. The lowest BCUT2D eigenvalue weighted by molar-refractivity contribution is 0.0941. The zero-order chi connectivity index (χ0) is 20.1. The van der Waals surface area contributed by atoms with E-state index < -0.39 is 0 Å². The third-order valence-corrected chi connectivity index (χ3v) is 6.34. The summed E-state index contributed by atoms with van der Waals surface area (Å²) in [5, 5.41) is 9.97. The van der Waals surface area contributed by atoms with Crippen LogP contribution >= 0.6 is 34.3 Å². The molecule has 0 aliphatic rings. The molecule has 3 aromatic rings. The van der Waals surface area contributed by atoms with E-state index in [9.17, 15) is 9.59 Å². The molecule has 0 saturated carbocycles. The topological polar surface area (TPSA) is 61.4 Å². The normalized spacial score (nSPS) is 12.0.